The van der Waals surface area contributed by atoms with E-state index in [0.717, 1.165) is 46.2 Å². The second-order valence-electron chi connectivity index (χ2n) is 7.40. The second-order valence-corrected chi connectivity index (χ2v) is 8.32. The van der Waals surface area contributed by atoms with Crippen molar-refractivity contribution in [3.63, 3.8) is 0 Å². The van der Waals surface area contributed by atoms with E-state index in [4.69, 9.17) is 9.72 Å². The fraction of sp³-hybridized carbons (Fsp3) is 0.364. The number of fused-ring (bicyclic) bond motifs is 1. The summed E-state index contributed by atoms with van der Waals surface area (Å²) in [5.41, 5.74) is 2.80. The van der Waals surface area contributed by atoms with Crippen LogP contribution in [0.1, 0.15) is 32.6 Å². The van der Waals surface area contributed by atoms with Gasteiger partial charge in [-0.25, -0.2) is 4.98 Å². The minimum atomic E-state index is -0.187. The molecule has 1 aliphatic rings. The molecule has 2 unspecified atom stereocenters. The predicted molar refractivity (Wildman–Crippen MR) is 110 cm³/mol. The van der Waals surface area contributed by atoms with Crippen molar-refractivity contribution < 1.29 is 9.53 Å². The number of ether oxygens (including phenoxy) is 1. The number of carbonyl (C=O) groups is 1. The van der Waals surface area contributed by atoms with E-state index in [0.29, 0.717) is 5.92 Å². The van der Waals surface area contributed by atoms with Crippen LogP contribution in [0, 0.1) is 5.92 Å². The Morgan fingerprint density at radius 1 is 1.22 bits per heavy atom. The predicted octanol–water partition coefficient (Wildman–Crippen LogP) is 5.59. The molecule has 1 aliphatic carbocycles. The molecule has 0 aliphatic heterocycles. The molecule has 0 saturated heterocycles. The van der Waals surface area contributed by atoms with Crippen LogP contribution in [0.3, 0.4) is 0 Å². The highest BCUT2D eigenvalue weighted by Gasteiger charge is 2.23. The molecule has 0 bridgehead atoms. The minimum Gasteiger partial charge on any atom is -0.461 e. The first-order chi connectivity index (χ1) is 13.1. The molecule has 1 fully saturated rings. The maximum Gasteiger partial charge on any atom is 0.326 e. The van der Waals surface area contributed by atoms with Gasteiger partial charge < -0.3 is 9.30 Å². The van der Waals surface area contributed by atoms with E-state index in [2.05, 4.69) is 22.9 Å². The van der Waals surface area contributed by atoms with Gasteiger partial charge in [-0.3, -0.25) is 4.79 Å². The third-order valence-corrected chi connectivity index (χ3v) is 5.70. The van der Waals surface area contributed by atoms with Crippen LogP contribution in [0.4, 0.5) is 0 Å². The van der Waals surface area contributed by atoms with Crippen molar-refractivity contribution in [3.05, 3.63) is 53.0 Å². The van der Waals surface area contributed by atoms with Crippen LogP contribution in [0.25, 0.3) is 22.4 Å². The number of halogens is 1. The van der Waals surface area contributed by atoms with Crippen molar-refractivity contribution in [2.24, 2.45) is 5.92 Å². The molecule has 0 amide bonds. The average Bonchev–Trinajstić information content (AvgIpc) is 3.00. The zero-order valence-electron chi connectivity index (χ0n) is 15.4. The minimum absolute atomic E-state index is 0.0466. The maximum absolute atomic E-state index is 12.7. The van der Waals surface area contributed by atoms with Crippen molar-refractivity contribution in [1.82, 2.24) is 9.55 Å². The average molecular weight is 427 g/mol. The number of para-hydroxylation sites is 2. The monoisotopic (exact) mass is 426 g/mol. The van der Waals surface area contributed by atoms with Gasteiger partial charge in [0.15, 0.2) is 0 Å². The third-order valence-electron chi connectivity index (χ3n) is 5.21. The van der Waals surface area contributed by atoms with Crippen molar-refractivity contribution in [2.75, 3.05) is 0 Å². The smallest absolute Gasteiger partial charge is 0.326 e. The van der Waals surface area contributed by atoms with Gasteiger partial charge in [-0.15, -0.1) is 0 Å². The van der Waals surface area contributed by atoms with Crippen LogP contribution in [0.15, 0.2) is 53.0 Å². The zero-order chi connectivity index (χ0) is 18.8. The van der Waals surface area contributed by atoms with Gasteiger partial charge in [0, 0.05) is 10.0 Å². The zero-order valence-corrected chi connectivity index (χ0v) is 17.0. The van der Waals surface area contributed by atoms with Crippen LogP contribution in [-0.2, 0) is 16.1 Å². The third kappa shape index (κ3) is 4.08. The Bertz CT molecular complexity index is 966. The Morgan fingerprint density at radius 3 is 2.89 bits per heavy atom. The maximum atomic E-state index is 12.7. The van der Waals surface area contributed by atoms with E-state index in [1.54, 1.807) is 0 Å². The van der Waals surface area contributed by atoms with E-state index < -0.39 is 0 Å². The highest BCUT2D eigenvalue weighted by molar-refractivity contribution is 9.10. The summed E-state index contributed by atoms with van der Waals surface area (Å²) >= 11 is 3.52. The lowest BCUT2D eigenvalue weighted by Gasteiger charge is -2.26. The Kier molecular flexibility index (Phi) is 5.30. The normalized spacial score (nSPS) is 19.9. The Hall–Kier alpha value is -2.14. The van der Waals surface area contributed by atoms with Crippen LogP contribution >= 0.6 is 15.9 Å². The van der Waals surface area contributed by atoms with Crippen LogP contribution in [-0.4, -0.2) is 21.6 Å². The molecule has 1 saturated carbocycles. The highest BCUT2D eigenvalue weighted by Crippen LogP contribution is 2.28. The molecule has 2 atom stereocenters. The molecule has 2 aromatic carbocycles. The van der Waals surface area contributed by atoms with Crippen molar-refractivity contribution >= 4 is 32.9 Å². The van der Waals surface area contributed by atoms with Gasteiger partial charge in [-0.2, -0.15) is 0 Å². The molecular formula is C22H23BrN2O2. The number of carbonyl (C=O) groups excluding carboxylic acids is 1. The molecule has 0 N–H and O–H groups in total. The SMILES string of the molecule is CC1CCCC(OC(=O)Cn2c(-c3cccc(Br)c3)nc3ccccc32)C1. The summed E-state index contributed by atoms with van der Waals surface area (Å²) in [4.78, 5) is 17.5. The fourth-order valence-corrected chi connectivity index (χ4v) is 4.32. The number of esters is 1. The standard InChI is InChI=1S/C22H23BrN2O2/c1-15-6-4-9-18(12-15)27-21(26)14-25-20-11-3-2-10-19(20)24-22(25)16-7-5-8-17(23)13-16/h2-3,5,7-8,10-11,13,15,18H,4,6,9,12,14H2,1H3. The summed E-state index contributed by atoms with van der Waals surface area (Å²) in [6.45, 7) is 2.40. The molecule has 0 radical (unpaired) electrons. The first kappa shape index (κ1) is 18.2. The molecule has 4 rings (SSSR count). The van der Waals surface area contributed by atoms with Gasteiger partial charge >= 0.3 is 5.97 Å². The number of hydrogen-bond acceptors (Lipinski definition) is 3. The highest BCUT2D eigenvalue weighted by atomic mass is 79.9. The van der Waals surface area contributed by atoms with Crippen LogP contribution in [0.2, 0.25) is 0 Å². The Balaban J connectivity index is 1.63. The van der Waals surface area contributed by atoms with Gasteiger partial charge in [0.05, 0.1) is 11.0 Å². The lowest BCUT2D eigenvalue weighted by atomic mass is 9.89. The second kappa shape index (κ2) is 7.85. The van der Waals surface area contributed by atoms with Crippen molar-refractivity contribution in [2.45, 2.75) is 45.3 Å². The fourth-order valence-electron chi connectivity index (χ4n) is 3.92. The molecule has 3 aromatic rings. The molecule has 0 spiro atoms. The van der Waals surface area contributed by atoms with E-state index >= 15 is 0 Å². The number of rotatable bonds is 4. The largest absolute Gasteiger partial charge is 0.461 e. The quantitative estimate of drug-likeness (QED) is 0.510. The molecular weight excluding hydrogens is 404 g/mol. The summed E-state index contributed by atoms with van der Waals surface area (Å²) in [6, 6.07) is 15.9. The Labute approximate surface area is 167 Å². The number of nitrogens with zero attached hydrogens (tertiary/aromatic N) is 2. The van der Waals surface area contributed by atoms with Crippen LogP contribution in [0.5, 0.6) is 0 Å². The molecule has 4 nitrogen and oxygen atoms in total. The first-order valence-electron chi connectivity index (χ1n) is 9.51. The van der Waals surface area contributed by atoms with Crippen LogP contribution < -0.4 is 0 Å². The van der Waals surface area contributed by atoms with E-state index in [1.165, 1.54) is 6.42 Å². The van der Waals surface area contributed by atoms with Crippen molar-refractivity contribution in [3.8, 4) is 11.4 Å². The molecule has 27 heavy (non-hydrogen) atoms. The van der Waals surface area contributed by atoms with Gasteiger partial charge in [0.25, 0.3) is 0 Å². The molecule has 140 valence electrons. The lowest BCUT2D eigenvalue weighted by molar-refractivity contribution is -0.151. The summed E-state index contributed by atoms with van der Waals surface area (Å²) < 4.78 is 8.75. The van der Waals surface area contributed by atoms with Gasteiger partial charge in [-0.05, 0) is 49.4 Å². The first-order valence-corrected chi connectivity index (χ1v) is 10.3. The van der Waals surface area contributed by atoms with Gasteiger partial charge in [0.2, 0.25) is 0 Å². The number of hydrogen-bond donors (Lipinski definition) is 0. The molecule has 1 heterocycles. The summed E-state index contributed by atoms with van der Waals surface area (Å²) in [5.74, 6) is 1.22. The van der Waals surface area contributed by atoms with E-state index in [1.807, 2.05) is 53.1 Å². The number of imidazole rings is 1. The Morgan fingerprint density at radius 2 is 2.07 bits per heavy atom. The van der Waals surface area contributed by atoms with E-state index in [-0.39, 0.29) is 18.6 Å². The lowest BCUT2D eigenvalue weighted by Crippen LogP contribution is -2.26. The van der Waals surface area contributed by atoms with Gasteiger partial charge in [-0.1, -0.05) is 53.5 Å². The number of benzene rings is 2. The molecule has 5 heteroatoms. The van der Waals surface area contributed by atoms with Crippen molar-refractivity contribution in [1.29, 1.82) is 0 Å². The topological polar surface area (TPSA) is 44.1 Å². The number of aromatic nitrogens is 2. The summed E-state index contributed by atoms with van der Waals surface area (Å²) in [7, 11) is 0. The summed E-state index contributed by atoms with van der Waals surface area (Å²) in [5, 5.41) is 0. The summed E-state index contributed by atoms with van der Waals surface area (Å²) in [6.07, 6.45) is 4.35. The van der Waals surface area contributed by atoms with Gasteiger partial charge in [0.1, 0.15) is 18.5 Å². The molecule has 1 aromatic heterocycles. The van der Waals surface area contributed by atoms with E-state index in [9.17, 15) is 4.79 Å².